The summed E-state index contributed by atoms with van der Waals surface area (Å²) < 4.78 is 4.70. The van der Waals surface area contributed by atoms with Gasteiger partial charge in [0, 0.05) is 7.05 Å². The van der Waals surface area contributed by atoms with Crippen molar-refractivity contribution in [3.05, 3.63) is 64.0 Å². The molecule has 122 valence electrons. The Morgan fingerprint density at radius 2 is 1.79 bits per heavy atom. The minimum atomic E-state index is 0.00681. The lowest BCUT2D eigenvalue weighted by molar-refractivity contribution is 0.259. The molecule has 0 amide bonds. The van der Waals surface area contributed by atoms with Gasteiger partial charge in [-0.2, -0.15) is 0 Å². The predicted molar refractivity (Wildman–Crippen MR) is 98.3 cm³/mol. The topological polar surface area (TPSA) is 43.1 Å². The molecule has 4 rings (SSSR count). The van der Waals surface area contributed by atoms with E-state index in [4.69, 9.17) is 0 Å². The number of hydrogen-bond acceptors (Lipinski definition) is 4. The molecule has 0 atom stereocenters. The third-order valence-corrected chi connectivity index (χ3v) is 5.20. The van der Waals surface area contributed by atoms with Crippen LogP contribution in [0.3, 0.4) is 0 Å². The van der Waals surface area contributed by atoms with Crippen molar-refractivity contribution in [2.45, 2.75) is 13.2 Å². The minimum Gasteiger partial charge on any atom is -0.295 e. The first kappa shape index (κ1) is 15.1. The van der Waals surface area contributed by atoms with Crippen LogP contribution in [0.15, 0.2) is 53.3 Å². The first-order valence-electron chi connectivity index (χ1n) is 7.81. The summed E-state index contributed by atoms with van der Waals surface area (Å²) in [6.45, 7) is 1.26. The highest BCUT2D eigenvalue weighted by molar-refractivity contribution is 7.18. The molecule has 0 aliphatic heterocycles. The van der Waals surface area contributed by atoms with Crippen LogP contribution in [0.25, 0.3) is 21.3 Å². The SMILES string of the molecule is CN(Cc1nc2ccccc2s1)Cn1c(=O)n(C)c2ccccc21. The smallest absolute Gasteiger partial charge is 0.295 e. The van der Waals surface area contributed by atoms with Gasteiger partial charge in [-0.15, -0.1) is 11.3 Å². The second-order valence-corrected chi connectivity index (χ2v) is 7.10. The van der Waals surface area contributed by atoms with Gasteiger partial charge in [0.1, 0.15) is 5.01 Å². The minimum absolute atomic E-state index is 0.00681. The second-order valence-electron chi connectivity index (χ2n) is 5.99. The average Bonchev–Trinajstić information content (AvgIpc) is 3.09. The van der Waals surface area contributed by atoms with Gasteiger partial charge < -0.3 is 0 Å². The van der Waals surface area contributed by atoms with E-state index in [0.29, 0.717) is 6.67 Å². The fourth-order valence-corrected chi connectivity index (χ4v) is 4.06. The largest absolute Gasteiger partial charge is 0.329 e. The number of imidazole rings is 1. The molecule has 0 unspecified atom stereocenters. The molecule has 0 bridgehead atoms. The number of hydrogen-bond donors (Lipinski definition) is 0. The first-order valence-corrected chi connectivity index (χ1v) is 8.62. The van der Waals surface area contributed by atoms with E-state index in [1.54, 1.807) is 15.9 Å². The zero-order chi connectivity index (χ0) is 16.7. The lowest BCUT2D eigenvalue weighted by Crippen LogP contribution is -2.30. The normalized spacial score (nSPS) is 11.8. The molecule has 0 N–H and O–H groups in total. The molecule has 2 aromatic heterocycles. The van der Waals surface area contributed by atoms with Gasteiger partial charge in [0.25, 0.3) is 0 Å². The molecule has 2 aromatic carbocycles. The zero-order valence-electron chi connectivity index (χ0n) is 13.6. The van der Waals surface area contributed by atoms with Crippen LogP contribution in [0, 0.1) is 0 Å². The summed E-state index contributed by atoms with van der Waals surface area (Å²) in [4.78, 5) is 19.3. The molecule has 0 fully saturated rings. The maximum Gasteiger partial charge on any atom is 0.329 e. The van der Waals surface area contributed by atoms with Crippen molar-refractivity contribution in [2.24, 2.45) is 7.05 Å². The summed E-state index contributed by atoms with van der Waals surface area (Å²) in [7, 11) is 3.83. The summed E-state index contributed by atoms with van der Waals surface area (Å²) in [5.41, 5.74) is 2.96. The number of rotatable bonds is 4. The van der Waals surface area contributed by atoms with Crippen LogP contribution in [0.1, 0.15) is 5.01 Å². The van der Waals surface area contributed by atoms with Crippen LogP contribution in [0.5, 0.6) is 0 Å². The van der Waals surface area contributed by atoms with E-state index < -0.39 is 0 Å². The van der Waals surface area contributed by atoms with E-state index in [1.807, 2.05) is 61.1 Å². The van der Waals surface area contributed by atoms with Gasteiger partial charge in [0.15, 0.2) is 0 Å². The van der Waals surface area contributed by atoms with Crippen molar-refractivity contribution in [2.75, 3.05) is 7.05 Å². The lowest BCUT2D eigenvalue weighted by atomic mass is 10.3. The Morgan fingerprint density at radius 3 is 2.58 bits per heavy atom. The summed E-state index contributed by atoms with van der Waals surface area (Å²) in [5.74, 6) is 0. The fourth-order valence-electron chi connectivity index (χ4n) is 3.01. The Kier molecular flexibility index (Phi) is 3.70. The van der Waals surface area contributed by atoms with Crippen LogP contribution in [0.2, 0.25) is 0 Å². The number of fused-ring (bicyclic) bond motifs is 2. The van der Waals surface area contributed by atoms with Gasteiger partial charge in [-0.1, -0.05) is 24.3 Å². The van der Waals surface area contributed by atoms with Crippen molar-refractivity contribution in [1.29, 1.82) is 0 Å². The van der Waals surface area contributed by atoms with Crippen molar-refractivity contribution < 1.29 is 0 Å². The second kappa shape index (κ2) is 5.89. The fraction of sp³-hybridized carbons (Fsp3) is 0.222. The number of aryl methyl sites for hydroxylation is 1. The van der Waals surface area contributed by atoms with Crippen molar-refractivity contribution in [3.8, 4) is 0 Å². The van der Waals surface area contributed by atoms with E-state index in [1.165, 1.54) is 4.70 Å². The summed E-state index contributed by atoms with van der Waals surface area (Å²) >= 11 is 1.70. The molecule has 0 saturated heterocycles. The average molecular weight is 338 g/mol. The molecule has 0 spiro atoms. The van der Waals surface area contributed by atoms with Gasteiger partial charge in [-0.3, -0.25) is 14.0 Å². The number of aromatic nitrogens is 3. The molecule has 5 nitrogen and oxygen atoms in total. The van der Waals surface area contributed by atoms with Gasteiger partial charge >= 0.3 is 5.69 Å². The highest BCUT2D eigenvalue weighted by Crippen LogP contribution is 2.22. The molecule has 6 heteroatoms. The van der Waals surface area contributed by atoms with Gasteiger partial charge in [0.05, 0.1) is 34.5 Å². The standard InChI is InChI=1S/C18H18N4OS/c1-20(11-17-19-13-7-3-6-10-16(13)24-17)12-22-15-9-5-4-8-14(15)21(2)18(22)23/h3-10H,11-12H2,1-2H3. The molecule has 0 saturated carbocycles. The Balaban J connectivity index is 1.61. The van der Waals surface area contributed by atoms with E-state index in [9.17, 15) is 4.79 Å². The van der Waals surface area contributed by atoms with Crippen LogP contribution in [0.4, 0.5) is 0 Å². The number of benzene rings is 2. The molecular weight excluding hydrogens is 320 g/mol. The van der Waals surface area contributed by atoms with Gasteiger partial charge in [-0.05, 0) is 31.3 Å². The van der Waals surface area contributed by atoms with E-state index in [-0.39, 0.29) is 5.69 Å². The van der Waals surface area contributed by atoms with Crippen LogP contribution in [-0.2, 0) is 20.3 Å². The predicted octanol–water partition coefficient (Wildman–Crippen LogP) is 3.04. The Morgan fingerprint density at radius 1 is 1.08 bits per heavy atom. The van der Waals surface area contributed by atoms with E-state index in [2.05, 4.69) is 16.0 Å². The molecule has 4 aromatic rings. The van der Waals surface area contributed by atoms with Crippen molar-refractivity contribution in [3.63, 3.8) is 0 Å². The highest BCUT2D eigenvalue weighted by atomic mass is 32.1. The molecule has 0 aliphatic rings. The monoisotopic (exact) mass is 338 g/mol. The van der Waals surface area contributed by atoms with Gasteiger partial charge in [0.2, 0.25) is 0 Å². The summed E-state index contributed by atoms with van der Waals surface area (Å²) in [5, 5.41) is 1.06. The summed E-state index contributed by atoms with van der Waals surface area (Å²) in [6, 6.07) is 16.0. The van der Waals surface area contributed by atoms with Crippen LogP contribution in [-0.4, -0.2) is 26.1 Å². The maximum absolute atomic E-state index is 12.5. The Bertz CT molecular complexity index is 1040. The lowest BCUT2D eigenvalue weighted by Gasteiger charge is -2.15. The van der Waals surface area contributed by atoms with Crippen molar-refractivity contribution in [1.82, 2.24) is 19.0 Å². The van der Waals surface area contributed by atoms with E-state index >= 15 is 0 Å². The third kappa shape index (κ3) is 2.53. The summed E-state index contributed by atoms with van der Waals surface area (Å²) in [6.07, 6.45) is 0. The Hall–Kier alpha value is -2.44. The third-order valence-electron chi connectivity index (χ3n) is 4.18. The molecular formula is C18H18N4OS. The zero-order valence-corrected chi connectivity index (χ0v) is 14.5. The van der Waals surface area contributed by atoms with Crippen LogP contribution < -0.4 is 5.69 Å². The molecule has 0 radical (unpaired) electrons. The quantitative estimate of drug-likeness (QED) is 0.574. The number of thiazole rings is 1. The maximum atomic E-state index is 12.5. The van der Waals surface area contributed by atoms with Gasteiger partial charge in [-0.25, -0.2) is 9.78 Å². The Labute approximate surface area is 143 Å². The van der Waals surface area contributed by atoms with E-state index in [0.717, 1.165) is 28.1 Å². The highest BCUT2D eigenvalue weighted by Gasteiger charge is 2.13. The number of para-hydroxylation sites is 3. The molecule has 2 heterocycles. The van der Waals surface area contributed by atoms with Crippen LogP contribution >= 0.6 is 11.3 Å². The molecule has 24 heavy (non-hydrogen) atoms. The first-order chi connectivity index (χ1) is 11.6. The molecule has 0 aliphatic carbocycles. The van der Waals surface area contributed by atoms with Crippen molar-refractivity contribution >= 4 is 32.6 Å². The number of nitrogens with zero attached hydrogens (tertiary/aromatic N) is 4.